The number of Topliss-reactive ketones (excluding diaryl/α,β-unsaturated/α-hetero) is 1. The number of carbonyl (C=O) groups is 1. The second kappa shape index (κ2) is 5.65. The third-order valence-electron chi connectivity index (χ3n) is 4.17. The first-order chi connectivity index (χ1) is 11.3. The van der Waals surface area contributed by atoms with Gasteiger partial charge in [-0.1, -0.05) is 54.6 Å². The molecule has 0 bridgehead atoms. The Morgan fingerprint density at radius 3 is 2.35 bits per heavy atom. The van der Waals surface area contributed by atoms with Crippen molar-refractivity contribution in [1.29, 1.82) is 0 Å². The Balaban J connectivity index is 1.74. The van der Waals surface area contributed by atoms with E-state index >= 15 is 0 Å². The highest BCUT2D eigenvalue weighted by atomic mass is 16.1. The van der Waals surface area contributed by atoms with Gasteiger partial charge in [-0.2, -0.15) is 4.57 Å². The van der Waals surface area contributed by atoms with E-state index in [-0.39, 0.29) is 5.78 Å². The van der Waals surface area contributed by atoms with Gasteiger partial charge in [0, 0.05) is 17.7 Å². The van der Waals surface area contributed by atoms with Gasteiger partial charge in [0.05, 0.1) is 0 Å². The lowest BCUT2D eigenvalue weighted by atomic mass is 9.99. The molecule has 2 heteroatoms. The number of pyridine rings is 1. The zero-order chi connectivity index (χ0) is 15.6. The summed E-state index contributed by atoms with van der Waals surface area (Å²) in [5.74, 6) is 0.122. The fourth-order valence-corrected chi connectivity index (χ4v) is 2.98. The first kappa shape index (κ1) is 13.6. The molecule has 0 aliphatic carbocycles. The van der Waals surface area contributed by atoms with E-state index in [1.165, 1.54) is 16.2 Å². The van der Waals surface area contributed by atoms with E-state index < -0.39 is 0 Å². The van der Waals surface area contributed by atoms with Crippen molar-refractivity contribution in [2.45, 2.75) is 6.54 Å². The van der Waals surface area contributed by atoms with Crippen LogP contribution in [0.25, 0.3) is 21.5 Å². The van der Waals surface area contributed by atoms with Gasteiger partial charge in [0.1, 0.15) is 0 Å². The summed E-state index contributed by atoms with van der Waals surface area (Å²) in [6, 6.07) is 24.3. The van der Waals surface area contributed by atoms with Gasteiger partial charge in [-0.15, -0.1) is 0 Å². The number of hydrogen-bond acceptors (Lipinski definition) is 1. The molecule has 0 aliphatic rings. The summed E-state index contributed by atoms with van der Waals surface area (Å²) in [6.45, 7) is 0.361. The van der Waals surface area contributed by atoms with Crippen LogP contribution in [0.15, 0.2) is 85.2 Å². The lowest BCUT2D eigenvalue weighted by molar-refractivity contribution is -0.683. The average molecular weight is 298 g/mol. The van der Waals surface area contributed by atoms with E-state index in [9.17, 15) is 4.79 Å². The van der Waals surface area contributed by atoms with Crippen molar-refractivity contribution in [1.82, 2.24) is 0 Å². The van der Waals surface area contributed by atoms with Gasteiger partial charge in [0.15, 0.2) is 12.4 Å². The van der Waals surface area contributed by atoms with Crippen LogP contribution in [-0.4, -0.2) is 5.78 Å². The van der Waals surface area contributed by atoms with E-state index in [2.05, 4.69) is 30.3 Å². The SMILES string of the molecule is O=C(C[n+]1ccccc1)c1ccc2c(ccc3ccccc32)c1. The normalized spacial score (nSPS) is 11.0. The highest BCUT2D eigenvalue weighted by Crippen LogP contribution is 2.26. The minimum atomic E-state index is 0.122. The third kappa shape index (κ3) is 2.59. The lowest BCUT2D eigenvalue weighted by Gasteiger charge is -2.05. The average Bonchev–Trinajstić information content (AvgIpc) is 2.62. The number of rotatable bonds is 3. The standard InChI is InChI=1S/C21H16NO/c23-21(15-22-12-4-1-5-13-22)18-10-11-20-17(14-18)9-8-16-6-2-3-7-19(16)20/h1-14H,15H2/q+1. The Morgan fingerprint density at radius 1 is 0.739 bits per heavy atom. The molecule has 4 rings (SSSR count). The number of aromatic nitrogens is 1. The second-order valence-corrected chi connectivity index (χ2v) is 5.69. The van der Waals surface area contributed by atoms with Crippen molar-refractivity contribution in [2.75, 3.05) is 0 Å². The van der Waals surface area contributed by atoms with Gasteiger partial charge in [-0.25, -0.2) is 0 Å². The van der Waals surface area contributed by atoms with Crippen molar-refractivity contribution in [2.24, 2.45) is 0 Å². The quantitative estimate of drug-likeness (QED) is 0.316. The summed E-state index contributed by atoms with van der Waals surface area (Å²) in [4.78, 5) is 12.5. The van der Waals surface area contributed by atoms with E-state index in [1.54, 1.807) is 0 Å². The fraction of sp³-hybridized carbons (Fsp3) is 0.0476. The van der Waals surface area contributed by atoms with Gasteiger partial charge in [-0.05, 0) is 27.6 Å². The van der Waals surface area contributed by atoms with Gasteiger partial charge in [0.2, 0.25) is 12.3 Å². The van der Waals surface area contributed by atoms with Gasteiger partial charge >= 0.3 is 0 Å². The van der Waals surface area contributed by atoms with Crippen LogP contribution in [0.3, 0.4) is 0 Å². The highest BCUT2D eigenvalue weighted by molar-refractivity contribution is 6.09. The first-order valence-electron chi connectivity index (χ1n) is 7.70. The van der Waals surface area contributed by atoms with Crippen LogP contribution < -0.4 is 4.57 Å². The molecule has 1 heterocycles. The zero-order valence-electron chi connectivity index (χ0n) is 12.6. The summed E-state index contributed by atoms with van der Waals surface area (Å²) < 4.78 is 1.90. The van der Waals surface area contributed by atoms with Crippen LogP contribution in [0.4, 0.5) is 0 Å². The van der Waals surface area contributed by atoms with Crippen LogP contribution in [0.1, 0.15) is 10.4 Å². The Bertz CT molecular complexity index is 1010. The minimum absolute atomic E-state index is 0.122. The van der Waals surface area contributed by atoms with Crippen molar-refractivity contribution >= 4 is 27.3 Å². The molecule has 4 aromatic rings. The summed E-state index contributed by atoms with van der Waals surface area (Å²) in [6.07, 6.45) is 3.82. The van der Waals surface area contributed by atoms with E-state index in [0.29, 0.717) is 6.54 Å². The van der Waals surface area contributed by atoms with Crippen molar-refractivity contribution < 1.29 is 9.36 Å². The molecule has 0 amide bonds. The Morgan fingerprint density at radius 2 is 1.48 bits per heavy atom. The largest absolute Gasteiger partial charge is 0.287 e. The molecule has 0 spiro atoms. The maximum absolute atomic E-state index is 12.5. The van der Waals surface area contributed by atoms with Crippen molar-refractivity contribution in [3.05, 3.63) is 90.8 Å². The molecule has 0 radical (unpaired) electrons. The number of ketones is 1. The Hall–Kier alpha value is -3.00. The summed E-state index contributed by atoms with van der Waals surface area (Å²) in [5.41, 5.74) is 0.754. The predicted molar refractivity (Wildman–Crippen MR) is 92.4 cm³/mol. The number of nitrogens with zero attached hydrogens (tertiary/aromatic N) is 1. The maximum Gasteiger partial charge on any atom is 0.227 e. The van der Waals surface area contributed by atoms with Crippen LogP contribution >= 0.6 is 0 Å². The molecule has 110 valence electrons. The number of fused-ring (bicyclic) bond motifs is 3. The van der Waals surface area contributed by atoms with Crippen LogP contribution in [0, 0.1) is 0 Å². The lowest BCUT2D eigenvalue weighted by Crippen LogP contribution is -2.36. The zero-order valence-corrected chi connectivity index (χ0v) is 12.6. The van der Waals surface area contributed by atoms with Crippen LogP contribution in [-0.2, 0) is 6.54 Å². The molecule has 0 fully saturated rings. The van der Waals surface area contributed by atoms with Crippen molar-refractivity contribution in [3.63, 3.8) is 0 Å². The molecular formula is C21H16NO+. The Labute approximate surface area is 134 Å². The maximum atomic E-state index is 12.5. The highest BCUT2D eigenvalue weighted by Gasteiger charge is 2.12. The predicted octanol–water partition coefficient (Wildman–Crippen LogP) is 4.16. The molecule has 0 aliphatic heterocycles. The molecule has 0 unspecified atom stereocenters. The summed E-state index contributed by atoms with van der Waals surface area (Å²) in [5, 5.41) is 4.74. The molecule has 0 saturated heterocycles. The fourth-order valence-electron chi connectivity index (χ4n) is 2.98. The van der Waals surface area contributed by atoms with Crippen LogP contribution in [0.2, 0.25) is 0 Å². The van der Waals surface area contributed by atoms with E-state index in [0.717, 1.165) is 10.9 Å². The molecule has 23 heavy (non-hydrogen) atoms. The van der Waals surface area contributed by atoms with Gasteiger partial charge < -0.3 is 0 Å². The van der Waals surface area contributed by atoms with Gasteiger partial charge in [-0.3, -0.25) is 4.79 Å². The molecule has 1 aromatic heterocycles. The number of carbonyl (C=O) groups excluding carboxylic acids is 1. The molecular weight excluding hydrogens is 282 g/mol. The topological polar surface area (TPSA) is 20.9 Å². The third-order valence-corrected chi connectivity index (χ3v) is 4.17. The van der Waals surface area contributed by atoms with E-state index in [4.69, 9.17) is 0 Å². The molecule has 2 nitrogen and oxygen atoms in total. The summed E-state index contributed by atoms with van der Waals surface area (Å²) >= 11 is 0. The van der Waals surface area contributed by atoms with Gasteiger partial charge in [0.25, 0.3) is 0 Å². The number of benzene rings is 3. The minimum Gasteiger partial charge on any atom is -0.287 e. The van der Waals surface area contributed by atoms with Crippen molar-refractivity contribution in [3.8, 4) is 0 Å². The molecule has 3 aromatic carbocycles. The smallest absolute Gasteiger partial charge is 0.227 e. The molecule has 0 N–H and O–H groups in total. The Kier molecular flexibility index (Phi) is 3.35. The molecule has 0 saturated carbocycles. The molecule has 0 atom stereocenters. The second-order valence-electron chi connectivity index (χ2n) is 5.69. The van der Waals surface area contributed by atoms with Crippen LogP contribution in [0.5, 0.6) is 0 Å². The number of hydrogen-bond donors (Lipinski definition) is 0. The summed E-state index contributed by atoms with van der Waals surface area (Å²) in [7, 11) is 0. The first-order valence-corrected chi connectivity index (χ1v) is 7.70. The van der Waals surface area contributed by atoms with E-state index in [1.807, 2.05) is 59.4 Å². The monoisotopic (exact) mass is 298 g/mol.